The lowest BCUT2D eigenvalue weighted by molar-refractivity contribution is -0.0366. The van der Waals surface area contributed by atoms with Gasteiger partial charge in [0, 0.05) is 29.7 Å². The first-order valence-corrected chi connectivity index (χ1v) is 10.8. The van der Waals surface area contributed by atoms with Crippen molar-refractivity contribution in [1.29, 1.82) is 0 Å². The third-order valence-corrected chi connectivity index (χ3v) is 5.64. The lowest BCUT2D eigenvalue weighted by atomic mass is 10.1. The van der Waals surface area contributed by atoms with Crippen LogP contribution in [-0.4, -0.2) is 38.4 Å². The fourth-order valence-corrected chi connectivity index (χ4v) is 3.95. The molecule has 1 fully saturated rings. The van der Waals surface area contributed by atoms with Crippen molar-refractivity contribution in [1.82, 2.24) is 24.7 Å². The van der Waals surface area contributed by atoms with E-state index < -0.39 is 5.82 Å². The van der Waals surface area contributed by atoms with Gasteiger partial charge in [-0.15, -0.1) is 0 Å². The molecule has 1 unspecified atom stereocenters. The van der Waals surface area contributed by atoms with Crippen LogP contribution in [0.2, 0.25) is 0 Å². The molecule has 4 aromatic rings. The number of ether oxygens (including phenoxy) is 2. The number of nitrogens with one attached hydrogen (secondary N) is 1. The molecular formula is C23H24FN7O2. The van der Waals surface area contributed by atoms with Gasteiger partial charge in [0.05, 0.1) is 18.8 Å². The van der Waals surface area contributed by atoms with E-state index in [4.69, 9.17) is 15.2 Å². The second-order valence-corrected chi connectivity index (χ2v) is 7.81. The summed E-state index contributed by atoms with van der Waals surface area (Å²) < 4.78 is 27.3. The summed E-state index contributed by atoms with van der Waals surface area (Å²) in [5.74, 6) is 0.479. The van der Waals surface area contributed by atoms with Crippen LogP contribution in [0.15, 0.2) is 42.6 Å². The van der Waals surface area contributed by atoms with E-state index in [9.17, 15) is 4.39 Å². The molecule has 5 rings (SSSR count). The van der Waals surface area contributed by atoms with Crippen molar-refractivity contribution in [3.05, 3.63) is 54.0 Å². The quantitative estimate of drug-likeness (QED) is 0.455. The van der Waals surface area contributed by atoms with Gasteiger partial charge in [-0.2, -0.15) is 20.1 Å². The van der Waals surface area contributed by atoms with Gasteiger partial charge in [-0.05, 0) is 31.4 Å². The highest BCUT2D eigenvalue weighted by atomic mass is 19.1. The predicted molar refractivity (Wildman–Crippen MR) is 122 cm³/mol. The Morgan fingerprint density at radius 2 is 2.12 bits per heavy atom. The normalized spacial score (nSPS) is 16.1. The van der Waals surface area contributed by atoms with E-state index in [1.165, 1.54) is 7.11 Å². The largest absolute Gasteiger partial charge is 0.494 e. The van der Waals surface area contributed by atoms with Crippen LogP contribution in [0.1, 0.15) is 31.1 Å². The molecule has 3 N–H and O–H groups in total. The number of hydrogen-bond acceptors (Lipinski definition) is 8. The van der Waals surface area contributed by atoms with Crippen LogP contribution < -0.4 is 15.8 Å². The summed E-state index contributed by atoms with van der Waals surface area (Å²) in [4.78, 5) is 12.9. The van der Waals surface area contributed by atoms with E-state index in [0.717, 1.165) is 42.3 Å². The molecular weight excluding hydrogens is 425 g/mol. The number of benzene rings is 2. The molecule has 33 heavy (non-hydrogen) atoms. The number of aromatic nitrogens is 5. The maximum Gasteiger partial charge on any atom is 0.228 e. The molecule has 9 nitrogen and oxygen atoms in total. The predicted octanol–water partition coefficient (Wildman–Crippen LogP) is 3.93. The number of anilines is 2. The number of nitrogens with two attached hydrogens (primary N) is 1. The molecule has 0 spiro atoms. The van der Waals surface area contributed by atoms with Crippen LogP contribution in [-0.2, 0) is 11.3 Å². The van der Waals surface area contributed by atoms with Crippen molar-refractivity contribution < 1.29 is 13.9 Å². The Morgan fingerprint density at radius 1 is 1.21 bits per heavy atom. The molecule has 0 bridgehead atoms. The molecule has 1 saturated heterocycles. The van der Waals surface area contributed by atoms with E-state index in [1.54, 1.807) is 18.2 Å². The molecule has 1 aliphatic heterocycles. The minimum absolute atomic E-state index is 0.0674. The van der Waals surface area contributed by atoms with Gasteiger partial charge >= 0.3 is 0 Å². The van der Waals surface area contributed by atoms with Crippen LogP contribution in [0.25, 0.3) is 22.3 Å². The van der Waals surface area contributed by atoms with Gasteiger partial charge in [-0.1, -0.05) is 24.3 Å². The van der Waals surface area contributed by atoms with Crippen LogP contribution in [0.5, 0.6) is 5.75 Å². The summed E-state index contributed by atoms with van der Waals surface area (Å²) in [6.45, 7) is 0.898. The maximum atomic E-state index is 14.4. The van der Waals surface area contributed by atoms with E-state index in [0.29, 0.717) is 11.4 Å². The smallest absolute Gasteiger partial charge is 0.228 e. The van der Waals surface area contributed by atoms with E-state index in [1.807, 2.05) is 29.1 Å². The van der Waals surface area contributed by atoms with Crippen LogP contribution in [0, 0.1) is 5.82 Å². The Hall–Kier alpha value is -3.79. The van der Waals surface area contributed by atoms with Gasteiger partial charge in [0.15, 0.2) is 23.6 Å². The molecule has 170 valence electrons. The average molecular weight is 449 g/mol. The Morgan fingerprint density at radius 3 is 2.94 bits per heavy atom. The van der Waals surface area contributed by atoms with Crippen molar-refractivity contribution in [2.75, 3.05) is 24.8 Å². The highest BCUT2D eigenvalue weighted by Crippen LogP contribution is 2.29. The molecule has 0 saturated carbocycles. The standard InChI is InChI=1S/C23H24FN7O2/c1-32-18-6-4-5-16(20(18)24)12-26-23-29-21(28-22(25)30-23)14-8-9-15-13-27-31(17(15)11-14)19-7-2-3-10-33-19/h4-6,8-9,11,13,19H,2-3,7,10,12H2,1H3,(H3,25,26,28,29,30). The van der Waals surface area contributed by atoms with Crippen molar-refractivity contribution in [2.24, 2.45) is 0 Å². The van der Waals surface area contributed by atoms with Gasteiger partial charge in [0.1, 0.15) is 0 Å². The topological polar surface area (TPSA) is 113 Å². The third-order valence-electron chi connectivity index (χ3n) is 5.64. The number of methoxy groups -OCH3 is 1. The van der Waals surface area contributed by atoms with Gasteiger partial charge in [0.25, 0.3) is 0 Å². The zero-order valence-corrected chi connectivity index (χ0v) is 18.2. The molecule has 0 aliphatic carbocycles. The summed E-state index contributed by atoms with van der Waals surface area (Å²) >= 11 is 0. The van der Waals surface area contributed by atoms with Gasteiger partial charge in [0.2, 0.25) is 11.9 Å². The van der Waals surface area contributed by atoms with E-state index in [-0.39, 0.29) is 30.4 Å². The monoisotopic (exact) mass is 449 g/mol. The second kappa shape index (κ2) is 8.99. The Labute approximate surface area is 189 Å². The minimum Gasteiger partial charge on any atom is -0.494 e. The van der Waals surface area contributed by atoms with Gasteiger partial charge in [-0.3, -0.25) is 0 Å². The van der Waals surface area contributed by atoms with Crippen molar-refractivity contribution in [3.8, 4) is 17.1 Å². The zero-order valence-electron chi connectivity index (χ0n) is 18.2. The Kier molecular flexibility index (Phi) is 5.74. The van der Waals surface area contributed by atoms with E-state index in [2.05, 4.69) is 25.4 Å². The zero-order chi connectivity index (χ0) is 22.8. The molecule has 0 amide bonds. The molecule has 0 radical (unpaired) electrons. The number of hydrogen-bond donors (Lipinski definition) is 2. The first-order chi connectivity index (χ1) is 16.1. The highest BCUT2D eigenvalue weighted by Gasteiger charge is 2.19. The SMILES string of the molecule is COc1cccc(CNc2nc(N)nc(-c3ccc4cnn(C5CCCCO5)c4c3)n2)c1F. The van der Waals surface area contributed by atoms with Gasteiger partial charge < -0.3 is 20.5 Å². The first-order valence-electron chi connectivity index (χ1n) is 10.8. The summed E-state index contributed by atoms with van der Waals surface area (Å²) in [5, 5.41) is 8.56. The maximum absolute atomic E-state index is 14.4. The highest BCUT2D eigenvalue weighted by molar-refractivity contribution is 5.83. The van der Waals surface area contributed by atoms with Crippen LogP contribution in [0.4, 0.5) is 16.3 Å². The number of halogens is 1. The molecule has 3 heterocycles. The van der Waals surface area contributed by atoms with Crippen molar-refractivity contribution >= 4 is 22.8 Å². The number of nitrogen functional groups attached to an aromatic ring is 1. The van der Waals surface area contributed by atoms with Crippen LogP contribution in [0.3, 0.4) is 0 Å². The Bertz CT molecular complexity index is 1290. The van der Waals surface area contributed by atoms with Crippen molar-refractivity contribution in [3.63, 3.8) is 0 Å². The number of fused-ring (bicyclic) bond motifs is 1. The molecule has 1 aliphatic rings. The molecule has 10 heteroatoms. The van der Waals surface area contributed by atoms with Crippen LogP contribution >= 0.6 is 0 Å². The lowest BCUT2D eigenvalue weighted by Crippen LogP contribution is -2.18. The molecule has 2 aromatic carbocycles. The minimum atomic E-state index is -0.432. The summed E-state index contributed by atoms with van der Waals surface area (Å²) in [5.41, 5.74) is 8.08. The third kappa shape index (κ3) is 4.29. The second-order valence-electron chi connectivity index (χ2n) is 7.81. The van der Waals surface area contributed by atoms with Crippen molar-refractivity contribution in [2.45, 2.75) is 32.0 Å². The summed E-state index contributed by atoms with van der Waals surface area (Å²) in [6.07, 6.45) is 4.85. The fraction of sp³-hybridized carbons (Fsp3) is 0.304. The molecule has 1 atom stereocenters. The van der Waals surface area contributed by atoms with E-state index >= 15 is 0 Å². The lowest BCUT2D eigenvalue weighted by Gasteiger charge is -2.23. The number of rotatable bonds is 6. The average Bonchev–Trinajstić information content (AvgIpc) is 3.27. The summed E-state index contributed by atoms with van der Waals surface area (Å²) in [6, 6.07) is 10.8. The fourth-order valence-electron chi connectivity index (χ4n) is 3.95. The molecule has 2 aromatic heterocycles. The van der Waals surface area contributed by atoms with Gasteiger partial charge in [-0.25, -0.2) is 9.07 Å². The summed E-state index contributed by atoms with van der Waals surface area (Å²) in [7, 11) is 1.43. The Balaban J connectivity index is 1.43. The first kappa shape index (κ1) is 21.1. The number of nitrogens with zero attached hydrogens (tertiary/aromatic N) is 5.